The molecule has 2 saturated heterocycles. The van der Waals surface area contributed by atoms with E-state index in [-0.39, 0.29) is 10.8 Å². The Kier molecular flexibility index (Phi) is 6.62. The molecule has 7 heteroatoms. The van der Waals surface area contributed by atoms with Crippen LogP contribution in [0.5, 0.6) is 0 Å². The van der Waals surface area contributed by atoms with Crippen molar-refractivity contribution in [3.05, 3.63) is 53.6 Å². The van der Waals surface area contributed by atoms with Gasteiger partial charge in [0.25, 0.3) is 5.91 Å². The van der Waals surface area contributed by atoms with Crippen LogP contribution in [0.3, 0.4) is 0 Å². The predicted molar refractivity (Wildman–Crippen MR) is 124 cm³/mol. The fourth-order valence-electron chi connectivity index (χ4n) is 4.44. The van der Waals surface area contributed by atoms with E-state index in [1.807, 2.05) is 31.2 Å². The number of hydrogen-bond donors (Lipinski definition) is 1. The van der Waals surface area contributed by atoms with Crippen LogP contribution in [0.25, 0.3) is 0 Å². The van der Waals surface area contributed by atoms with Crippen LogP contribution in [0.1, 0.15) is 54.4 Å². The van der Waals surface area contributed by atoms with Crippen molar-refractivity contribution in [1.82, 2.24) is 4.31 Å². The molecular formula is C24H31N3O3S. The maximum Gasteiger partial charge on any atom is 0.256 e. The van der Waals surface area contributed by atoms with Gasteiger partial charge in [-0.05, 0) is 68.9 Å². The lowest BCUT2D eigenvalue weighted by Crippen LogP contribution is -2.35. The Balaban J connectivity index is 1.59. The maximum absolute atomic E-state index is 13.2. The van der Waals surface area contributed by atoms with Gasteiger partial charge in [0, 0.05) is 31.7 Å². The number of sulfonamides is 1. The minimum atomic E-state index is -3.59. The first-order valence-electron chi connectivity index (χ1n) is 11.2. The summed E-state index contributed by atoms with van der Waals surface area (Å²) in [5, 5.41) is 3.03. The summed E-state index contributed by atoms with van der Waals surface area (Å²) in [6, 6.07) is 12.7. The van der Waals surface area contributed by atoms with Crippen LogP contribution < -0.4 is 10.2 Å². The van der Waals surface area contributed by atoms with E-state index in [9.17, 15) is 13.2 Å². The third-order valence-electron chi connectivity index (χ3n) is 6.26. The molecule has 0 aromatic heterocycles. The minimum absolute atomic E-state index is 0.189. The van der Waals surface area contributed by atoms with Gasteiger partial charge in [-0.1, -0.05) is 24.6 Å². The van der Waals surface area contributed by atoms with Crippen LogP contribution in [-0.2, 0) is 10.0 Å². The number of nitrogens with zero attached hydrogens (tertiary/aromatic N) is 2. The summed E-state index contributed by atoms with van der Waals surface area (Å²) < 4.78 is 27.7. The van der Waals surface area contributed by atoms with E-state index >= 15 is 0 Å². The molecule has 0 spiro atoms. The fraction of sp³-hybridized carbons (Fsp3) is 0.458. The zero-order valence-corrected chi connectivity index (χ0v) is 19.0. The zero-order valence-electron chi connectivity index (χ0n) is 18.1. The molecule has 4 rings (SSSR count). The number of anilines is 2. The number of amides is 1. The SMILES string of the molecule is Cc1ccc(S(=O)(=O)N2CCCCC2)cc1C(=O)Nc1ccccc1N1CCCCC1. The average molecular weight is 442 g/mol. The molecule has 166 valence electrons. The lowest BCUT2D eigenvalue weighted by molar-refractivity contribution is 0.102. The smallest absolute Gasteiger partial charge is 0.256 e. The van der Waals surface area contributed by atoms with Gasteiger partial charge in [0.05, 0.1) is 16.3 Å². The Morgan fingerprint density at radius 2 is 1.52 bits per heavy atom. The summed E-state index contributed by atoms with van der Waals surface area (Å²) in [6.07, 6.45) is 6.36. The number of aryl methyl sites for hydroxylation is 1. The Morgan fingerprint density at radius 1 is 0.871 bits per heavy atom. The molecule has 2 heterocycles. The lowest BCUT2D eigenvalue weighted by Gasteiger charge is -2.30. The normalized spacial score (nSPS) is 18.0. The van der Waals surface area contributed by atoms with Gasteiger partial charge in [0.15, 0.2) is 0 Å². The first-order chi connectivity index (χ1) is 15.0. The molecule has 2 aliphatic rings. The molecule has 0 radical (unpaired) electrons. The second-order valence-electron chi connectivity index (χ2n) is 8.46. The van der Waals surface area contributed by atoms with Gasteiger partial charge in [-0.15, -0.1) is 0 Å². The van der Waals surface area contributed by atoms with Gasteiger partial charge >= 0.3 is 0 Å². The molecule has 0 unspecified atom stereocenters. The molecule has 31 heavy (non-hydrogen) atoms. The van der Waals surface area contributed by atoms with Crippen LogP contribution >= 0.6 is 0 Å². The highest BCUT2D eigenvalue weighted by Gasteiger charge is 2.27. The summed E-state index contributed by atoms with van der Waals surface area (Å²) >= 11 is 0. The van der Waals surface area contributed by atoms with Gasteiger partial charge in [-0.25, -0.2) is 8.42 Å². The molecule has 0 bridgehead atoms. The fourth-order valence-corrected chi connectivity index (χ4v) is 5.98. The number of piperidine rings is 2. The topological polar surface area (TPSA) is 69.7 Å². The van der Waals surface area contributed by atoms with E-state index in [0.29, 0.717) is 18.7 Å². The molecule has 2 aromatic carbocycles. The average Bonchev–Trinajstić information content (AvgIpc) is 2.80. The number of nitrogens with one attached hydrogen (secondary N) is 1. The zero-order chi connectivity index (χ0) is 21.8. The van der Waals surface area contributed by atoms with Crippen molar-refractivity contribution in [2.45, 2.75) is 50.3 Å². The van der Waals surface area contributed by atoms with Gasteiger partial charge in [-0.2, -0.15) is 4.31 Å². The van der Waals surface area contributed by atoms with Crippen LogP contribution in [0, 0.1) is 6.92 Å². The van der Waals surface area contributed by atoms with Crippen LogP contribution in [0.15, 0.2) is 47.4 Å². The number of hydrogen-bond acceptors (Lipinski definition) is 4. The Bertz CT molecular complexity index is 1040. The highest BCUT2D eigenvalue weighted by atomic mass is 32.2. The first kappa shape index (κ1) is 21.8. The third kappa shape index (κ3) is 4.77. The summed E-state index contributed by atoms with van der Waals surface area (Å²) in [5.41, 5.74) is 2.93. The van der Waals surface area contributed by atoms with Crippen LogP contribution in [0.4, 0.5) is 11.4 Å². The van der Waals surface area contributed by atoms with E-state index in [2.05, 4.69) is 10.2 Å². The van der Waals surface area contributed by atoms with Gasteiger partial charge in [0.2, 0.25) is 10.0 Å². The van der Waals surface area contributed by atoms with Crippen LogP contribution in [-0.4, -0.2) is 44.8 Å². The minimum Gasteiger partial charge on any atom is -0.370 e. The number of para-hydroxylation sites is 2. The predicted octanol–water partition coefficient (Wildman–Crippen LogP) is 4.41. The van der Waals surface area contributed by atoms with Gasteiger partial charge in [-0.3, -0.25) is 4.79 Å². The van der Waals surface area contributed by atoms with E-state index in [4.69, 9.17) is 0 Å². The van der Waals surface area contributed by atoms with Crippen molar-refractivity contribution < 1.29 is 13.2 Å². The second kappa shape index (κ2) is 9.40. The standard InChI is InChI=1S/C24H31N3O3S/c1-19-12-13-20(31(29,30)27-16-8-3-9-17-27)18-21(19)24(28)25-22-10-4-5-11-23(22)26-14-6-2-7-15-26/h4-5,10-13,18H,2-3,6-9,14-17H2,1H3,(H,25,28). The maximum atomic E-state index is 13.2. The lowest BCUT2D eigenvalue weighted by atomic mass is 10.1. The van der Waals surface area contributed by atoms with Crippen LogP contribution in [0.2, 0.25) is 0 Å². The molecule has 1 N–H and O–H groups in total. The summed E-state index contributed by atoms with van der Waals surface area (Å²) in [6.45, 7) is 4.88. The summed E-state index contributed by atoms with van der Waals surface area (Å²) in [5.74, 6) is -0.280. The highest BCUT2D eigenvalue weighted by Crippen LogP contribution is 2.29. The molecule has 1 amide bonds. The van der Waals surface area contributed by atoms with Crippen molar-refractivity contribution in [3.8, 4) is 0 Å². The van der Waals surface area contributed by atoms with Crippen molar-refractivity contribution in [3.63, 3.8) is 0 Å². The first-order valence-corrected chi connectivity index (χ1v) is 12.7. The van der Waals surface area contributed by atoms with E-state index in [0.717, 1.165) is 62.1 Å². The van der Waals surface area contributed by atoms with Crippen molar-refractivity contribution >= 4 is 27.3 Å². The number of rotatable bonds is 5. The third-order valence-corrected chi connectivity index (χ3v) is 8.15. The molecule has 2 aromatic rings. The Hall–Kier alpha value is -2.38. The second-order valence-corrected chi connectivity index (χ2v) is 10.4. The van der Waals surface area contributed by atoms with Crippen molar-refractivity contribution in [2.75, 3.05) is 36.4 Å². The van der Waals surface area contributed by atoms with E-state index in [1.165, 1.54) is 16.8 Å². The number of carbonyl (C=O) groups excluding carboxylic acids is 1. The molecule has 6 nitrogen and oxygen atoms in total. The number of benzene rings is 2. The van der Waals surface area contributed by atoms with Crippen molar-refractivity contribution in [1.29, 1.82) is 0 Å². The quantitative estimate of drug-likeness (QED) is 0.746. The molecule has 0 aliphatic carbocycles. The molecular weight excluding hydrogens is 410 g/mol. The molecule has 2 aliphatic heterocycles. The van der Waals surface area contributed by atoms with Crippen molar-refractivity contribution in [2.24, 2.45) is 0 Å². The largest absolute Gasteiger partial charge is 0.370 e. The Morgan fingerprint density at radius 3 is 2.23 bits per heavy atom. The summed E-state index contributed by atoms with van der Waals surface area (Å²) in [7, 11) is -3.59. The molecule has 0 atom stereocenters. The molecule has 2 fully saturated rings. The molecule has 0 saturated carbocycles. The summed E-state index contributed by atoms with van der Waals surface area (Å²) in [4.78, 5) is 15.7. The Labute approximate surface area is 185 Å². The van der Waals surface area contributed by atoms with Gasteiger partial charge < -0.3 is 10.2 Å². The van der Waals surface area contributed by atoms with E-state index < -0.39 is 10.0 Å². The monoisotopic (exact) mass is 441 g/mol. The highest BCUT2D eigenvalue weighted by molar-refractivity contribution is 7.89. The van der Waals surface area contributed by atoms with Gasteiger partial charge in [0.1, 0.15) is 0 Å². The van der Waals surface area contributed by atoms with E-state index in [1.54, 1.807) is 12.1 Å². The number of carbonyl (C=O) groups is 1.